The van der Waals surface area contributed by atoms with Crippen LogP contribution in [0.5, 0.6) is 0 Å². The molecule has 1 fully saturated rings. The molecular weight excluding hydrogens is 445 g/mol. The van der Waals surface area contributed by atoms with Gasteiger partial charge in [-0.25, -0.2) is 4.98 Å². The molecule has 7 heteroatoms. The second-order valence-corrected chi connectivity index (χ2v) is 7.81. The first kappa shape index (κ1) is 22.6. The van der Waals surface area contributed by atoms with E-state index in [1.54, 1.807) is 11.3 Å². The smallest absolute Gasteiger partial charge is 0.191 e. The summed E-state index contributed by atoms with van der Waals surface area (Å²) in [5.41, 5.74) is 1.09. The van der Waals surface area contributed by atoms with E-state index in [2.05, 4.69) is 51.7 Å². The van der Waals surface area contributed by atoms with E-state index in [1.165, 1.54) is 37.4 Å². The molecule has 0 radical (unpaired) electrons. The Kier molecular flexibility index (Phi) is 10.9. The fourth-order valence-corrected chi connectivity index (χ4v) is 3.88. The van der Waals surface area contributed by atoms with E-state index in [9.17, 15) is 0 Å². The molecule has 1 atom stereocenters. The van der Waals surface area contributed by atoms with Crippen molar-refractivity contribution in [1.82, 2.24) is 20.5 Å². The maximum Gasteiger partial charge on any atom is 0.191 e. The number of guanidine groups is 1. The lowest BCUT2D eigenvalue weighted by Gasteiger charge is -2.33. The quantitative estimate of drug-likeness (QED) is 0.270. The highest BCUT2D eigenvalue weighted by Gasteiger charge is 2.17. The van der Waals surface area contributed by atoms with E-state index >= 15 is 0 Å². The minimum Gasteiger partial charge on any atom is -0.356 e. The first-order chi connectivity index (χ1) is 11.6. The van der Waals surface area contributed by atoms with Gasteiger partial charge in [0, 0.05) is 37.5 Å². The van der Waals surface area contributed by atoms with Gasteiger partial charge in [-0.05, 0) is 32.7 Å². The highest BCUT2D eigenvalue weighted by molar-refractivity contribution is 14.0. The van der Waals surface area contributed by atoms with Crippen LogP contribution in [-0.4, -0.2) is 48.6 Å². The predicted octanol–water partition coefficient (Wildman–Crippen LogP) is 3.81. The summed E-state index contributed by atoms with van der Waals surface area (Å²) < 4.78 is 0. The number of likely N-dealkylation sites (tertiary alicyclic amines) is 1. The van der Waals surface area contributed by atoms with Gasteiger partial charge in [0.25, 0.3) is 0 Å². The molecule has 1 unspecified atom stereocenters. The lowest BCUT2D eigenvalue weighted by atomic mass is 10.0. The number of hydrogen-bond acceptors (Lipinski definition) is 4. The van der Waals surface area contributed by atoms with Gasteiger partial charge in [-0.2, -0.15) is 0 Å². The van der Waals surface area contributed by atoms with Crippen molar-refractivity contribution >= 4 is 41.3 Å². The van der Waals surface area contributed by atoms with Gasteiger partial charge in [0.1, 0.15) is 0 Å². The standard InChI is InChI=1S/C18H33N5S.HI/c1-14(2)17-22-16(13-24-17)12-21-18(19-4)20-9-7-11-23-10-6-5-8-15(23)3;/h13-15H,5-12H2,1-4H3,(H2,19,20,21);1H. The van der Waals surface area contributed by atoms with Crippen molar-refractivity contribution in [1.29, 1.82) is 0 Å². The van der Waals surface area contributed by atoms with Crippen molar-refractivity contribution in [3.05, 3.63) is 16.1 Å². The average molecular weight is 479 g/mol. The van der Waals surface area contributed by atoms with E-state index in [0.717, 1.165) is 37.2 Å². The normalized spacial score (nSPS) is 18.9. The Morgan fingerprint density at radius 1 is 1.40 bits per heavy atom. The Bertz CT molecular complexity index is 517. The third-order valence-corrected chi connectivity index (χ3v) is 5.77. The molecule has 2 rings (SSSR count). The lowest BCUT2D eigenvalue weighted by Crippen LogP contribution is -2.41. The zero-order valence-electron chi connectivity index (χ0n) is 16.0. The lowest BCUT2D eigenvalue weighted by molar-refractivity contribution is 0.159. The number of rotatable bonds is 7. The van der Waals surface area contributed by atoms with E-state index in [4.69, 9.17) is 0 Å². The SMILES string of the molecule is CN=C(NCCCN1CCCCC1C)NCc1csc(C(C)C)n1.I. The van der Waals surface area contributed by atoms with Gasteiger partial charge in [0.15, 0.2) is 5.96 Å². The van der Waals surface area contributed by atoms with Crippen LogP contribution in [0.4, 0.5) is 0 Å². The van der Waals surface area contributed by atoms with E-state index < -0.39 is 0 Å². The molecule has 5 nitrogen and oxygen atoms in total. The second-order valence-electron chi connectivity index (χ2n) is 6.92. The third kappa shape index (κ3) is 7.78. The Hall–Kier alpha value is -0.410. The molecule has 1 saturated heterocycles. The van der Waals surface area contributed by atoms with Crippen LogP contribution in [0.15, 0.2) is 10.4 Å². The topological polar surface area (TPSA) is 52.6 Å². The zero-order chi connectivity index (χ0) is 17.4. The Labute approximate surface area is 174 Å². The molecule has 0 bridgehead atoms. The van der Waals surface area contributed by atoms with Crippen molar-refractivity contribution in [2.75, 3.05) is 26.7 Å². The molecule has 2 heterocycles. The Balaban J connectivity index is 0.00000312. The highest BCUT2D eigenvalue weighted by Crippen LogP contribution is 2.19. The molecule has 0 aromatic carbocycles. The number of thiazole rings is 1. The van der Waals surface area contributed by atoms with Crippen molar-refractivity contribution in [3.63, 3.8) is 0 Å². The first-order valence-corrected chi connectivity index (χ1v) is 10.1. The fraction of sp³-hybridized carbons (Fsp3) is 0.778. The summed E-state index contributed by atoms with van der Waals surface area (Å²) in [6.07, 6.45) is 5.25. The minimum absolute atomic E-state index is 0. The van der Waals surface area contributed by atoms with Crippen LogP contribution in [0.25, 0.3) is 0 Å². The van der Waals surface area contributed by atoms with Gasteiger partial charge in [-0.1, -0.05) is 20.3 Å². The van der Waals surface area contributed by atoms with Crippen LogP contribution in [0.2, 0.25) is 0 Å². The number of hydrogen-bond donors (Lipinski definition) is 2. The minimum atomic E-state index is 0. The van der Waals surface area contributed by atoms with Gasteiger partial charge in [0.05, 0.1) is 17.2 Å². The molecule has 1 aromatic rings. The molecule has 2 N–H and O–H groups in total. The summed E-state index contributed by atoms with van der Waals surface area (Å²) in [7, 11) is 1.82. The summed E-state index contributed by atoms with van der Waals surface area (Å²) >= 11 is 1.74. The van der Waals surface area contributed by atoms with Gasteiger partial charge in [-0.3, -0.25) is 4.99 Å². The van der Waals surface area contributed by atoms with Gasteiger partial charge in [0.2, 0.25) is 0 Å². The van der Waals surface area contributed by atoms with E-state index in [1.807, 2.05) is 7.05 Å². The van der Waals surface area contributed by atoms with Crippen LogP contribution in [0.1, 0.15) is 63.1 Å². The Morgan fingerprint density at radius 2 is 2.20 bits per heavy atom. The predicted molar refractivity (Wildman–Crippen MR) is 119 cm³/mol. The number of aliphatic imine (C=N–C) groups is 1. The molecule has 1 aliphatic rings. The average Bonchev–Trinajstić information content (AvgIpc) is 3.05. The molecule has 0 saturated carbocycles. The van der Waals surface area contributed by atoms with E-state index in [-0.39, 0.29) is 24.0 Å². The molecule has 0 aliphatic carbocycles. The van der Waals surface area contributed by atoms with E-state index in [0.29, 0.717) is 5.92 Å². The van der Waals surface area contributed by atoms with Gasteiger partial charge < -0.3 is 15.5 Å². The summed E-state index contributed by atoms with van der Waals surface area (Å²) in [6, 6.07) is 0.746. The Morgan fingerprint density at radius 3 is 2.84 bits per heavy atom. The zero-order valence-corrected chi connectivity index (χ0v) is 19.2. The van der Waals surface area contributed by atoms with Crippen molar-refractivity contribution in [2.24, 2.45) is 4.99 Å². The summed E-state index contributed by atoms with van der Waals surface area (Å²) in [6.45, 7) is 10.8. The molecule has 144 valence electrons. The summed E-state index contributed by atoms with van der Waals surface area (Å²) in [5.74, 6) is 1.36. The molecular formula is C18H34IN5S. The molecule has 0 amide bonds. The monoisotopic (exact) mass is 479 g/mol. The van der Waals surface area contributed by atoms with Crippen LogP contribution in [-0.2, 0) is 6.54 Å². The van der Waals surface area contributed by atoms with Crippen LogP contribution in [0, 0.1) is 0 Å². The number of piperidine rings is 1. The van der Waals surface area contributed by atoms with Crippen LogP contribution < -0.4 is 10.6 Å². The first-order valence-electron chi connectivity index (χ1n) is 9.23. The largest absolute Gasteiger partial charge is 0.356 e. The maximum absolute atomic E-state index is 4.65. The number of nitrogens with zero attached hydrogens (tertiary/aromatic N) is 3. The summed E-state index contributed by atoms with van der Waals surface area (Å²) in [5, 5.41) is 10.1. The second kappa shape index (κ2) is 12.1. The maximum atomic E-state index is 4.65. The van der Waals surface area contributed by atoms with Crippen molar-refractivity contribution < 1.29 is 0 Å². The summed E-state index contributed by atoms with van der Waals surface area (Å²) in [4.78, 5) is 11.6. The number of nitrogens with one attached hydrogen (secondary N) is 2. The molecule has 25 heavy (non-hydrogen) atoms. The molecule has 0 spiro atoms. The molecule has 1 aliphatic heterocycles. The van der Waals surface area contributed by atoms with Gasteiger partial charge >= 0.3 is 0 Å². The third-order valence-electron chi connectivity index (χ3n) is 4.58. The van der Waals surface area contributed by atoms with Gasteiger partial charge in [-0.15, -0.1) is 35.3 Å². The van der Waals surface area contributed by atoms with Crippen molar-refractivity contribution in [2.45, 2.75) is 65.0 Å². The van der Waals surface area contributed by atoms with Crippen LogP contribution in [0.3, 0.4) is 0 Å². The van der Waals surface area contributed by atoms with Crippen molar-refractivity contribution in [3.8, 4) is 0 Å². The van der Waals surface area contributed by atoms with Crippen LogP contribution >= 0.6 is 35.3 Å². The molecule has 1 aromatic heterocycles. The fourth-order valence-electron chi connectivity index (χ4n) is 3.04. The highest BCUT2D eigenvalue weighted by atomic mass is 127. The number of halogens is 1. The number of aromatic nitrogens is 1.